The van der Waals surface area contributed by atoms with E-state index >= 15 is 0 Å². The largest absolute Gasteiger partial charge is 0.480 e. The molecule has 0 aliphatic rings. The first-order valence-corrected chi connectivity index (χ1v) is 7.46. The van der Waals surface area contributed by atoms with Crippen LogP contribution in [0.3, 0.4) is 0 Å². The summed E-state index contributed by atoms with van der Waals surface area (Å²) in [5.41, 5.74) is 0.820. The van der Waals surface area contributed by atoms with Crippen molar-refractivity contribution in [2.24, 2.45) is 5.92 Å². The van der Waals surface area contributed by atoms with Crippen molar-refractivity contribution in [1.82, 2.24) is 4.31 Å². The summed E-state index contributed by atoms with van der Waals surface area (Å²) >= 11 is 0. The zero-order chi connectivity index (χ0) is 14.6. The van der Waals surface area contributed by atoms with Crippen LogP contribution in [0.1, 0.15) is 19.4 Å². The van der Waals surface area contributed by atoms with Crippen molar-refractivity contribution in [2.75, 3.05) is 13.1 Å². The maximum absolute atomic E-state index is 12.4. The summed E-state index contributed by atoms with van der Waals surface area (Å²) in [5, 5.41) is 8.86. The minimum absolute atomic E-state index is 0.0546. The molecule has 0 atom stereocenters. The fraction of sp³-hybridized carbons (Fsp3) is 0.462. The minimum atomic E-state index is -3.76. The van der Waals surface area contributed by atoms with E-state index in [1.807, 2.05) is 13.8 Å². The number of sulfonamides is 1. The molecule has 1 N–H and O–H groups in total. The van der Waals surface area contributed by atoms with Gasteiger partial charge in [-0.2, -0.15) is 4.31 Å². The predicted molar refractivity (Wildman–Crippen MR) is 72.4 cm³/mol. The van der Waals surface area contributed by atoms with Crippen LogP contribution < -0.4 is 0 Å². The van der Waals surface area contributed by atoms with Crippen molar-refractivity contribution in [1.29, 1.82) is 0 Å². The number of carboxylic acid groups (broad SMARTS) is 1. The van der Waals surface area contributed by atoms with Gasteiger partial charge in [-0.05, 0) is 30.5 Å². The van der Waals surface area contributed by atoms with E-state index in [-0.39, 0.29) is 17.4 Å². The zero-order valence-corrected chi connectivity index (χ0v) is 12.1. The quantitative estimate of drug-likeness (QED) is 0.863. The van der Waals surface area contributed by atoms with Crippen LogP contribution >= 0.6 is 0 Å². The Bertz CT molecular complexity index is 552. The van der Waals surface area contributed by atoms with E-state index in [4.69, 9.17) is 5.11 Å². The highest BCUT2D eigenvalue weighted by atomic mass is 32.2. The number of benzene rings is 1. The number of hydrogen-bond acceptors (Lipinski definition) is 3. The van der Waals surface area contributed by atoms with Crippen LogP contribution in [0, 0.1) is 12.8 Å². The third kappa shape index (κ3) is 4.33. The first kappa shape index (κ1) is 15.7. The number of nitrogens with zero attached hydrogens (tertiary/aromatic N) is 1. The van der Waals surface area contributed by atoms with Crippen molar-refractivity contribution >= 4 is 16.0 Å². The molecule has 1 aromatic rings. The van der Waals surface area contributed by atoms with Crippen LogP contribution in [-0.2, 0) is 14.8 Å². The molecule has 0 aliphatic heterocycles. The van der Waals surface area contributed by atoms with Gasteiger partial charge in [0.1, 0.15) is 6.54 Å². The third-order valence-corrected chi connectivity index (χ3v) is 4.32. The monoisotopic (exact) mass is 285 g/mol. The maximum atomic E-state index is 12.4. The van der Waals surface area contributed by atoms with Gasteiger partial charge in [0.05, 0.1) is 4.90 Å². The summed E-state index contributed by atoms with van der Waals surface area (Å²) in [7, 11) is -3.76. The number of hydrogen-bond donors (Lipinski definition) is 1. The number of aryl methyl sites for hydroxylation is 1. The molecule has 0 unspecified atom stereocenters. The molecule has 0 heterocycles. The molecule has 0 spiro atoms. The van der Waals surface area contributed by atoms with Crippen molar-refractivity contribution in [3.8, 4) is 0 Å². The first-order chi connectivity index (χ1) is 8.73. The summed E-state index contributed by atoms with van der Waals surface area (Å²) < 4.78 is 25.8. The molecule has 0 aromatic heterocycles. The van der Waals surface area contributed by atoms with Gasteiger partial charge in [0.15, 0.2) is 0 Å². The average Bonchev–Trinajstić information content (AvgIpc) is 2.26. The molecule has 0 fully saturated rings. The number of carbonyl (C=O) groups is 1. The molecule has 0 amide bonds. The Kier molecular flexibility index (Phi) is 5.08. The maximum Gasteiger partial charge on any atom is 0.318 e. The fourth-order valence-corrected chi connectivity index (χ4v) is 3.39. The fourth-order valence-electron chi connectivity index (χ4n) is 1.73. The Morgan fingerprint density at radius 2 is 2.00 bits per heavy atom. The molecule has 0 bridgehead atoms. The normalized spacial score (nSPS) is 12.1. The molecule has 0 saturated carbocycles. The van der Waals surface area contributed by atoms with Gasteiger partial charge in [-0.25, -0.2) is 8.42 Å². The molecule has 1 rings (SSSR count). The standard InChI is InChI=1S/C13H19NO4S/c1-10(2)8-14(9-13(15)16)19(17,18)12-6-4-5-11(3)7-12/h4-7,10H,8-9H2,1-3H3,(H,15,16). The molecule has 106 valence electrons. The minimum Gasteiger partial charge on any atom is -0.480 e. The Hall–Kier alpha value is -1.40. The van der Waals surface area contributed by atoms with Crippen molar-refractivity contribution in [3.63, 3.8) is 0 Å². The molecule has 19 heavy (non-hydrogen) atoms. The Morgan fingerprint density at radius 3 is 2.47 bits per heavy atom. The van der Waals surface area contributed by atoms with Gasteiger partial charge in [0.25, 0.3) is 0 Å². The summed E-state index contributed by atoms with van der Waals surface area (Å²) in [6, 6.07) is 6.47. The van der Waals surface area contributed by atoms with E-state index in [1.54, 1.807) is 25.1 Å². The summed E-state index contributed by atoms with van der Waals surface area (Å²) in [5.74, 6) is -1.10. The van der Waals surface area contributed by atoms with Gasteiger partial charge in [-0.1, -0.05) is 26.0 Å². The van der Waals surface area contributed by atoms with E-state index in [2.05, 4.69) is 0 Å². The zero-order valence-electron chi connectivity index (χ0n) is 11.3. The van der Waals surface area contributed by atoms with Gasteiger partial charge in [0, 0.05) is 6.54 Å². The predicted octanol–water partition coefficient (Wildman–Crippen LogP) is 1.73. The highest BCUT2D eigenvalue weighted by Gasteiger charge is 2.27. The van der Waals surface area contributed by atoms with Crippen molar-refractivity contribution < 1.29 is 18.3 Å². The van der Waals surface area contributed by atoms with E-state index in [0.717, 1.165) is 9.87 Å². The molecule has 5 nitrogen and oxygen atoms in total. The number of rotatable bonds is 6. The summed E-state index contributed by atoms with van der Waals surface area (Å²) in [6.45, 7) is 5.15. The topological polar surface area (TPSA) is 74.7 Å². The number of aliphatic carboxylic acids is 1. The van der Waals surface area contributed by atoms with Gasteiger partial charge < -0.3 is 5.11 Å². The van der Waals surface area contributed by atoms with Gasteiger partial charge in [0.2, 0.25) is 10.0 Å². The van der Waals surface area contributed by atoms with E-state index in [0.29, 0.717) is 0 Å². The first-order valence-electron chi connectivity index (χ1n) is 6.02. The second kappa shape index (κ2) is 6.16. The van der Waals surface area contributed by atoms with Crippen LogP contribution in [0.5, 0.6) is 0 Å². The molecule has 0 aliphatic carbocycles. The van der Waals surface area contributed by atoms with Gasteiger partial charge in [-0.15, -0.1) is 0 Å². The third-order valence-electron chi connectivity index (χ3n) is 2.51. The van der Waals surface area contributed by atoms with Crippen molar-refractivity contribution in [3.05, 3.63) is 29.8 Å². The average molecular weight is 285 g/mol. The van der Waals surface area contributed by atoms with Gasteiger partial charge in [-0.3, -0.25) is 4.79 Å². The second-order valence-electron chi connectivity index (χ2n) is 4.90. The molecular formula is C13H19NO4S. The summed E-state index contributed by atoms with van der Waals surface area (Å²) in [4.78, 5) is 11.0. The Labute approximate surface area is 113 Å². The lowest BCUT2D eigenvalue weighted by molar-refractivity contribution is -0.137. The Morgan fingerprint density at radius 1 is 1.37 bits per heavy atom. The Balaban J connectivity index is 3.15. The van der Waals surface area contributed by atoms with E-state index in [9.17, 15) is 13.2 Å². The lowest BCUT2D eigenvalue weighted by Crippen LogP contribution is -2.38. The SMILES string of the molecule is Cc1cccc(S(=O)(=O)N(CC(=O)O)CC(C)C)c1. The molecule has 0 saturated heterocycles. The van der Waals surface area contributed by atoms with Crippen LogP contribution in [0.4, 0.5) is 0 Å². The molecule has 0 radical (unpaired) electrons. The highest BCUT2D eigenvalue weighted by Crippen LogP contribution is 2.18. The summed E-state index contributed by atoms with van der Waals surface area (Å²) in [6.07, 6.45) is 0. The van der Waals surface area contributed by atoms with Crippen molar-refractivity contribution in [2.45, 2.75) is 25.7 Å². The lowest BCUT2D eigenvalue weighted by Gasteiger charge is -2.22. The van der Waals surface area contributed by atoms with E-state index < -0.39 is 22.5 Å². The second-order valence-corrected chi connectivity index (χ2v) is 6.84. The highest BCUT2D eigenvalue weighted by molar-refractivity contribution is 7.89. The van der Waals surface area contributed by atoms with Crippen LogP contribution in [0.2, 0.25) is 0 Å². The lowest BCUT2D eigenvalue weighted by atomic mass is 10.2. The molecule has 6 heteroatoms. The van der Waals surface area contributed by atoms with E-state index in [1.165, 1.54) is 6.07 Å². The van der Waals surface area contributed by atoms with Crippen LogP contribution in [0.25, 0.3) is 0 Å². The van der Waals surface area contributed by atoms with Crippen LogP contribution in [-0.4, -0.2) is 36.9 Å². The molecular weight excluding hydrogens is 266 g/mol. The number of carboxylic acids is 1. The van der Waals surface area contributed by atoms with Gasteiger partial charge >= 0.3 is 5.97 Å². The molecule has 1 aromatic carbocycles. The smallest absolute Gasteiger partial charge is 0.318 e. The van der Waals surface area contributed by atoms with Crippen LogP contribution in [0.15, 0.2) is 29.2 Å².